The molecule has 1 heterocycles. The van der Waals surface area contributed by atoms with Crippen LogP contribution in [0.4, 0.5) is 0 Å². The second kappa shape index (κ2) is 6.98. The van der Waals surface area contributed by atoms with Crippen molar-refractivity contribution in [1.82, 2.24) is 5.32 Å². The Morgan fingerprint density at radius 2 is 2.21 bits per heavy atom. The van der Waals surface area contributed by atoms with Gasteiger partial charge in [-0.05, 0) is 35.4 Å². The van der Waals surface area contributed by atoms with Gasteiger partial charge in [0.05, 0.1) is 0 Å². The molecule has 19 heavy (non-hydrogen) atoms. The van der Waals surface area contributed by atoms with E-state index in [0.717, 1.165) is 17.9 Å². The van der Waals surface area contributed by atoms with Gasteiger partial charge in [0.1, 0.15) is 12.4 Å². The third kappa shape index (κ3) is 3.85. The fourth-order valence-corrected chi connectivity index (χ4v) is 2.57. The van der Waals surface area contributed by atoms with Crippen LogP contribution < -0.4 is 10.1 Å². The summed E-state index contributed by atoms with van der Waals surface area (Å²) in [6.45, 7) is 3.22. The standard InChI is InChI=1S/C16H17NOS/c1-3-9-18-16-7-5-4-6-14(16)11-17-13(2)15-8-10-19-12-15/h1,4-8,10,12-13,17H,9,11H2,2H3. The largest absolute Gasteiger partial charge is 0.481 e. The zero-order chi connectivity index (χ0) is 13.5. The van der Waals surface area contributed by atoms with Crippen LogP contribution >= 0.6 is 11.3 Å². The Labute approximate surface area is 118 Å². The lowest BCUT2D eigenvalue weighted by molar-refractivity contribution is 0.364. The Kier molecular flexibility index (Phi) is 5.02. The molecule has 0 bridgehead atoms. The number of rotatable bonds is 6. The van der Waals surface area contributed by atoms with E-state index in [9.17, 15) is 0 Å². The van der Waals surface area contributed by atoms with Crippen LogP contribution in [-0.4, -0.2) is 6.61 Å². The quantitative estimate of drug-likeness (QED) is 0.810. The lowest BCUT2D eigenvalue weighted by atomic mass is 10.1. The minimum absolute atomic E-state index is 0.303. The van der Waals surface area contributed by atoms with Gasteiger partial charge in [0.2, 0.25) is 0 Å². The van der Waals surface area contributed by atoms with Gasteiger partial charge in [-0.15, -0.1) is 6.42 Å². The molecule has 1 N–H and O–H groups in total. The van der Waals surface area contributed by atoms with Crippen molar-refractivity contribution in [3.05, 3.63) is 52.2 Å². The van der Waals surface area contributed by atoms with Crippen LogP contribution in [0.3, 0.4) is 0 Å². The second-order valence-corrected chi connectivity index (χ2v) is 5.04. The van der Waals surface area contributed by atoms with Gasteiger partial charge in [-0.2, -0.15) is 11.3 Å². The van der Waals surface area contributed by atoms with E-state index in [4.69, 9.17) is 11.2 Å². The number of ether oxygens (including phenoxy) is 1. The van der Waals surface area contributed by atoms with E-state index >= 15 is 0 Å². The van der Waals surface area contributed by atoms with Gasteiger partial charge in [-0.1, -0.05) is 24.1 Å². The molecule has 0 saturated carbocycles. The van der Waals surface area contributed by atoms with Crippen molar-refractivity contribution >= 4 is 11.3 Å². The van der Waals surface area contributed by atoms with Crippen molar-refractivity contribution in [3.8, 4) is 18.1 Å². The van der Waals surface area contributed by atoms with Gasteiger partial charge in [0.25, 0.3) is 0 Å². The summed E-state index contributed by atoms with van der Waals surface area (Å²) in [5.74, 6) is 3.34. The predicted molar refractivity (Wildman–Crippen MR) is 80.3 cm³/mol. The van der Waals surface area contributed by atoms with E-state index in [1.807, 2.05) is 18.2 Å². The highest BCUT2D eigenvalue weighted by atomic mass is 32.1. The average Bonchev–Trinajstić information content (AvgIpc) is 2.97. The zero-order valence-electron chi connectivity index (χ0n) is 10.9. The van der Waals surface area contributed by atoms with Crippen LogP contribution in [0.5, 0.6) is 5.75 Å². The van der Waals surface area contributed by atoms with Crippen molar-refractivity contribution in [2.24, 2.45) is 0 Å². The number of hydrogen-bond donors (Lipinski definition) is 1. The lowest BCUT2D eigenvalue weighted by Crippen LogP contribution is -2.18. The van der Waals surface area contributed by atoms with Crippen molar-refractivity contribution in [2.45, 2.75) is 19.5 Å². The summed E-state index contributed by atoms with van der Waals surface area (Å²) in [4.78, 5) is 0. The number of benzene rings is 1. The fourth-order valence-electron chi connectivity index (χ4n) is 1.81. The predicted octanol–water partition coefficient (Wildman–Crippen LogP) is 3.61. The molecule has 1 aromatic heterocycles. The second-order valence-electron chi connectivity index (χ2n) is 4.26. The number of hydrogen-bond acceptors (Lipinski definition) is 3. The van der Waals surface area contributed by atoms with Crippen LogP contribution in [0.15, 0.2) is 41.1 Å². The molecule has 0 aliphatic rings. The van der Waals surface area contributed by atoms with E-state index in [1.54, 1.807) is 11.3 Å². The molecule has 0 radical (unpaired) electrons. The number of terminal acetylenes is 1. The molecule has 0 amide bonds. The van der Waals surface area contributed by atoms with Crippen LogP contribution in [0.2, 0.25) is 0 Å². The Hall–Kier alpha value is -1.76. The van der Waals surface area contributed by atoms with Gasteiger partial charge in [-0.25, -0.2) is 0 Å². The summed E-state index contributed by atoms with van der Waals surface area (Å²) >= 11 is 1.72. The Morgan fingerprint density at radius 3 is 2.95 bits per heavy atom. The molecule has 0 aliphatic carbocycles. The van der Waals surface area contributed by atoms with Gasteiger partial charge in [0.15, 0.2) is 0 Å². The van der Waals surface area contributed by atoms with Crippen molar-refractivity contribution in [1.29, 1.82) is 0 Å². The highest BCUT2D eigenvalue weighted by Crippen LogP contribution is 2.20. The van der Waals surface area contributed by atoms with E-state index in [0.29, 0.717) is 12.6 Å². The van der Waals surface area contributed by atoms with Crippen molar-refractivity contribution in [2.75, 3.05) is 6.61 Å². The average molecular weight is 271 g/mol. The molecule has 1 aromatic carbocycles. The monoisotopic (exact) mass is 271 g/mol. The van der Waals surface area contributed by atoms with Crippen LogP contribution in [0, 0.1) is 12.3 Å². The minimum atomic E-state index is 0.303. The Morgan fingerprint density at radius 1 is 1.37 bits per heavy atom. The molecular weight excluding hydrogens is 254 g/mol. The first-order valence-corrected chi connectivity index (χ1v) is 7.15. The summed E-state index contributed by atoms with van der Waals surface area (Å²) in [7, 11) is 0. The lowest BCUT2D eigenvalue weighted by Gasteiger charge is -2.14. The first-order chi connectivity index (χ1) is 9.31. The first kappa shape index (κ1) is 13.7. The number of thiophene rings is 1. The summed E-state index contributed by atoms with van der Waals surface area (Å²) in [6.07, 6.45) is 5.22. The third-order valence-corrected chi connectivity index (χ3v) is 3.63. The molecule has 0 saturated heterocycles. The molecule has 1 unspecified atom stereocenters. The topological polar surface area (TPSA) is 21.3 Å². The smallest absolute Gasteiger partial charge is 0.148 e. The maximum atomic E-state index is 5.54. The first-order valence-electron chi connectivity index (χ1n) is 6.21. The van der Waals surface area contributed by atoms with Gasteiger partial charge in [-0.3, -0.25) is 0 Å². The molecular formula is C16H17NOS. The summed E-state index contributed by atoms with van der Waals surface area (Å²) in [6, 6.07) is 10.4. The van der Waals surface area contributed by atoms with Crippen LogP contribution in [-0.2, 0) is 6.54 Å². The van der Waals surface area contributed by atoms with Crippen molar-refractivity contribution in [3.63, 3.8) is 0 Å². The molecule has 98 valence electrons. The highest BCUT2D eigenvalue weighted by molar-refractivity contribution is 7.07. The Bertz CT molecular complexity index is 542. The molecule has 2 rings (SSSR count). The summed E-state index contributed by atoms with van der Waals surface area (Å²) in [5, 5.41) is 7.75. The molecule has 0 spiro atoms. The molecule has 2 nitrogen and oxygen atoms in total. The van der Waals surface area contributed by atoms with Crippen LogP contribution in [0.25, 0.3) is 0 Å². The minimum Gasteiger partial charge on any atom is -0.481 e. The van der Waals surface area contributed by atoms with E-state index in [2.05, 4.69) is 41.1 Å². The normalized spacial score (nSPS) is 11.8. The number of para-hydroxylation sites is 1. The molecule has 1 atom stereocenters. The van der Waals surface area contributed by atoms with E-state index in [-0.39, 0.29) is 0 Å². The molecule has 0 aliphatic heterocycles. The maximum Gasteiger partial charge on any atom is 0.148 e. The fraction of sp³-hybridized carbons (Fsp3) is 0.250. The SMILES string of the molecule is C#CCOc1ccccc1CNC(C)c1ccsc1. The van der Waals surface area contributed by atoms with Gasteiger partial charge >= 0.3 is 0 Å². The molecule has 0 fully saturated rings. The van der Waals surface area contributed by atoms with Crippen LogP contribution in [0.1, 0.15) is 24.1 Å². The van der Waals surface area contributed by atoms with E-state index < -0.39 is 0 Å². The summed E-state index contributed by atoms with van der Waals surface area (Å²) in [5.41, 5.74) is 2.44. The van der Waals surface area contributed by atoms with Gasteiger partial charge in [0, 0.05) is 18.2 Å². The van der Waals surface area contributed by atoms with Gasteiger partial charge < -0.3 is 10.1 Å². The van der Waals surface area contributed by atoms with Crippen molar-refractivity contribution < 1.29 is 4.74 Å². The third-order valence-electron chi connectivity index (χ3n) is 2.93. The zero-order valence-corrected chi connectivity index (χ0v) is 11.7. The maximum absolute atomic E-state index is 5.54. The molecule has 2 aromatic rings. The highest BCUT2D eigenvalue weighted by Gasteiger charge is 2.07. The number of nitrogens with one attached hydrogen (secondary N) is 1. The summed E-state index contributed by atoms with van der Waals surface area (Å²) < 4.78 is 5.54. The molecule has 3 heteroatoms. The Balaban J connectivity index is 1.97. The van der Waals surface area contributed by atoms with E-state index in [1.165, 1.54) is 5.56 Å².